The summed E-state index contributed by atoms with van der Waals surface area (Å²) in [4.78, 5) is 20.5. The zero-order valence-corrected chi connectivity index (χ0v) is 21.0. The van der Waals surface area contributed by atoms with E-state index >= 15 is 0 Å². The van der Waals surface area contributed by atoms with Gasteiger partial charge in [0.25, 0.3) is 0 Å². The topological polar surface area (TPSA) is 96.2 Å². The Morgan fingerprint density at radius 1 is 1.06 bits per heavy atom. The molecule has 0 spiro atoms. The van der Waals surface area contributed by atoms with E-state index < -0.39 is 0 Å². The van der Waals surface area contributed by atoms with Gasteiger partial charge in [0.2, 0.25) is 0 Å². The number of benzene rings is 1. The van der Waals surface area contributed by atoms with Gasteiger partial charge in [-0.15, -0.1) is 12.4 Å². The van der Waals surface area contributed by atoms with Gasteiger partial charge in [0.1, 0.15) is 24.0 Å². The molecule has 1 fully saturated rings. The highest BCUT2D eigenvalue weighted by atomic mass is 35.5. The first-order valence-corrected chi connectivity index (χ1v) is 11.9. The second kappa shape index (κ2) is 10.0. The molecule has 0 aliphatic carbocycles. The summed E-state index contributed by atoms with van der Waals surface area (Å²) in [5, 5.41) is 11.1. The number of fused-ring (bicyclic) bond motifs is 2. The molecule has 0 unspecified atom stereocenters. The Bertz CT molecular complexity index is 1520. The van der Waals surface area contributed by atoms with Crippen LogP contribution in [0, 0.1) is 6.92 Å². The molecule has 2 N–H and O–H groups in total. The van der Waals surface area contributed by atoms with Gasteiger partial charge in [-0.1, -0.05) is 6.07 Å². The van der Waals surface area contributed by atoms with E-state index in [9.17, 15) is 0 Å². The first kappa shape index (κ1) is 23.9. The monoisotopic (exact) mass is 501 g/mol. The van der Waals surface area contributed by atoms with Crippen molar-refractivity contribution in [3.05, 3.63) is 78.0 Å². The third-order valence-electron chi connectivity index (χ3n) is 6.61. The van der Waals surface area contributed by atoms with Crippen molar-refractivity contribution in [3.63, 3.8) is 0 Å². The van der Waals surface area contributed by atoms with Gasteiger partial charge in [-0.2, -0.15) is 5.10 Å². The predicted molar refractivity (Wildman–Crippen MR) is 145 cm³/mol. The Morgan fingerprint density at radius 2 is 1.97 bits per heavy atom. The van der Waals surface area contributed by atoms with Crippen LogP contribution in [0.15, 0.2) is 61.3 Å². The van der Waals surface area contributed by atoms with Crippen LogP contribution in [-0.2, 0) is 6.42 Å². The second-order valence-electron chi connectivity index (χ2n) is 9.05. The number of pyridine rings is 2. The van der Waals surface area contributed by atoms with Crippen LogP contribution in [-0.4, -0.2) is 55.2 Å². The molecule has 0 radical (unpaired) electrons. The molecule has 10 heteroatoms. The number of nitrogens with zero attached hydrogens (tertiary/aromatic N) is 7. The number of aromatic nitrogens is 6. The molecule has 36 heavy (non-hydrogen) atoms. The summed E-state index contributed by atoms with van der Waals surface area (Å²) >= 11 is 0. The minimum Gasteiger partial charge on any atom is -0.351 e. The summed E-state index contributed by atoms with van der Waals surface area (Å²) in [5.74, 6) is 1.67. The third kappa shape index (κ3) is 4.67. The predicted octanol–water partition coefficient (Wildman–Crippen LogP) is 3.93. The van der Waals surface area contributed by atoms with Crippen molar-refractivity contribution in [2.75, 3.05) is 29.9 Å². The van der Waals surface area contributed by atoms with Crippen LogP contribution in [0.1, 0.15) is 23.6 Å². The zero-order chi connectivity index (χ0) is 23.8. The lowest BCUT2D eigenvalue weighted by atomic mass is 10.0. The van der Waals surface area contributed by atoms with Crippen molar-refractivity contribution < 1.29 is 0 Å². The van der Waals surface area contributed by atoms with Crippen molar-refractivity contribution in [3.8, 4) is 0 Å². The highest BCUT2D eigenvalue weighted by Crippen LogP contribution is 2.27. The van der Waals surface area contributed by atoms with E-state index in [1.54, 1.807) is 17.2 Å². The number of halogens is 1. The van der Waals surface area contributed by atoms with E-state index in [0.717, 1.165) is 54.2 Å². The molecule has 6 rings (SSSR count). The summed E-state index contributed by atoms with van der Waals surface area (Å²) in [6.45, 7) is 7.19. The number of nitrogens with one attached hydrogen (secondary N) is 2. The highest BCUT2D eigenvalue weighted by Gasteiger charge is 2.20. The van der Waals surface area contributed by atoms with E-state index in [4.69, 9.17) is 4.98 Å². The van der Waals surface area contributed by atoms with Crippen molar-refractivity contribution >= 4 is 46.4 Å². The van der Waals surface area contributed by atoms with E-state index in [0.29, 0.717) is 11.9 Å². The van der Waals surface area contributed by atoms with Crippen LogP contribution in [0.4, 0.5) is 17.3 Å². The van der Waals surface area contributed by atoms with E-state index in [1.165, 1.54) is 16.7 Å². The van der Waals surface area contributed by atoms with Gasteiger partial charge in [0.05, 0.1) is 5.52 Å². The maximum Gasteiger partial charge on any atom is 0.160 e. The van der Waals surface area contributed by atoms with E-state index in [-0.39, 0.29) is 12.4 Å². The Hall–Kier alpha value is -3.82. The zero-order valence-electron chi connectivity index (χ0n) is 20.2. The number of rotatable bonds is 5. The second-order valence-corrected chi connectivity index (χ2v) is 9.05. The number of piperazine rings is 1. The Balaban J connectivity index is 0.00000267. The van der Waals surface area contributed by atoms with E-state index in [2.05, 4.69) is 85.8 Å². The van der Waals surface area contributed by atoms with Gasteiger partial charge in [-0.25, -0.2) is 24.5 Å². The fourth-order valence-electron chi connectivity index (χ4n) is 4.66. The lowest BCUT2D eigenvalue weighted by molar-refractivity contribution is 0.497. The van der Waals surface area contributed by atoms with Crippen LogP contribution in [0.5, 0.6) is 0 Å². The summed E-state index contributed by atoms with van der Waals surface area (Å²) < 4.78 is 1.78. The molecule has 1 aliphatic heterocycles. The van der Waals surface area contributed by atoms with Crippen LogP contribution in [0.2, 0.25) is 0 Å². The minimum absolute atomic E-state index is 0. The largest absolute Gasteiger partial charge is 0.351 e. The molecule has 4 aromatic heterocycles. The van der Waals surface area contributed by atoms with E-state index in [1.807, 2.05) is 12.3 Å². The summed E-state index contributed by atoms with van der Waals surface area (Å²) in [5.41, 5.74) is 7.11. The summed E-state index contributed by atoms with van der Waals surface area (Å²) in [6.07, 6.45) is 5.94. The lowest BCUT2D eigenvalue weighted by Gasteiger charge is -2.35. The molecule has 5 aromatic rings. The third-order valence-corrected chi connectivity index (χ3v) is 6.61. The molecule has 1 atom stereocenters. The lowest BCUT2D eigenvalue weighted by Crippen LogP contribution is -2.50. The van der Waals surface area contributed by atoms with Crippen molar-refractivity contribution in [1.82, 2.24) is 34.9 Å². The molecular formula is C26H28ClN9. The van der Waals surface area contributed by atoms with Crippen molar-refractivity contribution in [1.29, 1.82) is 0 Å². The number of aryl methyl sites for hydroxylation is 1. The summed E-state index contributed by atoms with van der Waals surface area (Å²) in [7, 11) is 0. The molecule has 0 saturated carbocycles. The maximum absolute atomic E-state index is 4.96. The van der Waals surface area contributed by atoms with Gasteiger partial charge in [0, 0.05) is 37.6 Å². The number of hydrogen-bond acceptors (Lipinski definition) is 8. The van der Waals surface area contributed by atoms with Crippen molar-refractivity contribution in [2.45, 2.75) is 26.3 Å². The van der Waals surface area contributed by atoms with Gasteiger partial charge in [-0.05, 0) is 73.4 Å². The first-order chi connectivity index (χ1) is 17.1. The van der Waals surface area contributed by atoms with Gasteiger partial charge < -0.3 is 15.5 Å². The van der Waals surface area contributed by atoms with Gasteiger partial charge in [-0.3, -0.25) is 0 Å². The average Bonchev–Trinajstić information content (AvgIpc) is 3.34. The van der Waals surface area contributed by atoms with Gasteiger partial charge in [0.15, 0.2) is 11.5 Å². The molecule has 0 amide bonds. The van der Waals surface area contributed by atoms with Crippen LogP contribution in [0.25, 0.3) is 16.7 Å². The molecular weight excluding hydrogens is 474 g/mol. The normalized spacial score (nSPS) is 15.7. The number of anilines is 3. The highest BCUT2D eigenvalue weighted by molar-refractivity contribution is 5.88. The SMILES string of the molecule is Cc1cc(Nc2ncnc3ccc(N4CCNC[C@@H]4C)nc23)ccc1Cc1ccn2ncnc2c1.Cl. The fourth-order valence-corrected chi connectivity index (χ4v) is 4.66. The van der Waals surface area contributed by atoms with Crippen molar-refractivity contribution in [2.24, 2.45) is 0 Å². The molecule has 1 aliphatic rings. The standard InChI is InChI=1S/C26H27N9.ClH/c1-17-11-21(4-3-20(17)12-19-7-9-35-24(13-19)29-16-31-35)32-26-25-22(28-15-30-26)5-6-23(33-25)34-10-8-27-14-18(34)2;/h3-7,9,11,13,15-16,18,27H,8,10,12,14H2,1-2H3,(H,28,30,32);1H/t18-;/m0./s1. The molecule has 5 heterocycles. The number of hydrogen-bond donors (Lipinski definition) is 2. The molecule has 1 aromatic carbocycles. The maximum atomic E-state index is 4.96. The van der Waals surface area contributed by atoms with Gasteiger partial charge >= 0.3 is 0 Å². The van der Waals surface area contributed by atoms with Crippen LogP contribution in [0.3, 0.4) is 0 Å². The fraction of sp³-hybridized carbons (Fsp3) is 0.269. The Morgan fingerprint density at radius 3 is 2.83 bits per heavy atom. The molecule has 184 valence electrons. The van der Waals surface area contributed by atoms with Crippen LogP contribution >= 0.6 is 12.4 Å². The molecule has 0 bridgehead atoms. The minimum atomic E-state index is 0. The van der Waals surface area contributed by atoms with Crippen LogP contribution < -0.4 is 15.5 Å². The average molecular weight is 502 g/mol. The summed E-state index contributed by atoms with van der Waals surface area (Å²) in [6, 6.07) is 15.0. The smallest absolute Gasteiger partial charge is 0.160 e. The molecule has 1 saturated heterocycles. The molecule has 9 nitrogen and oxygen atoms in total. The Labute approximate surface area is 215 Å². The Kier molecular flexibility index (Phi) is 6.67. The first-order valence-electron chi connectivity index (χ1n) is 11.9. The quantitative estimate of drug-likeness (QED) is 0.374.